The molecule has 0 aliphatic heterocycles. The molecule has 0 radical (unpaired) electrons. The van der Waals surface area contributed by atoms with E-state index in [1.807, 2.05) is 24.3 Å². The zero-order chi connectivity index (χ0) is 14.8. The lowest BCUT2D eigenvalue weighted by Gasteiger charge is -2.28. The van der Waals surface area contributed by atoms with Crippen LogP contribution in [0.5, 0.6) is 0 Å². The van der Waals surface area contributed by atoms with Crippen LogP contribution in [0, 0.1) is 5.92 Å². The number of hydrogen-bond acceptors (Lipinski definition) is 3. The summed E-state index contributed by atoms with van der Waals surface area (Å²) in [7, 11) is 0. The highest BCUT2D eigenvalue weighted by molar-refractivity contribution is 6.31. The number of nitrogens with zero attached hydrogens (tertiary/aromatic N) is 1. The van der Waals surface area contributed by atoms with Crippen molar-refractivity contribution in [2.45, 2.75) is 31.7 Å². The first kappa shape index (κ1) is 14.1. The van der Waals surface area contributed by atoms with Gasteiger partial charge in [-0.15, -0.1) is 0 Å². The van der Waals surface area contributed by atoms with Crippen LogP contribution in [0.2, 0.25) is 5.02 Å². The molecule has 1 aromatic carbocycles. The maximum absolute atomic E-state index is 11.0. The normalized spacial score (nSPS) is 22.1. The fourth-order valence-electron chi connectivity index (χ4n) is 2.95. The number of hydrogen-bond donors (Lipinski definition) is 2. The molecule has 5 heteroatoms. The third-order valence-electron chi connectivity index (χ3n) is 4.14. The second-order valence-electron chi connectivity index (χ2n) is 5.55. The van der Waals surface area contributed by atoms with Crippen LogP contribution < -0.4 is 5.32 Å². The van der Waals surface area contributed by atoms with Crippen molar-refractivity contribution in [3.63, 3.8) is 0 Å². The van der Waals surface area contributed by atoms with Crippen LogP contribution in [0.4, 0.5) is 5.69 Å². The van der Waals surface area contributed by atoms with Crippen molar-refractivity contribution in [3.8, 4) is 0 Å². The lowest BCUT2D eigenvalue weighted by atomic mass is 9.86. The highest BCUT2D eigenvalue weighted by atomic mass is 35.5. The molecule has 0 bridgehead atoms. The van der Waals surface area contributed by atoms with Gasteiger partial charge in [0.25, 0.3) is 0 Å². The number of carboxylic acid groups (broad SMARTS) is 1. The van der Waals surface area contributed by atoms with E-state index in [-0.39, 0.29) is 5.92 Å². The van der Waals surface area contributed by atoms with Crippen molar-refractivity contribution in [2.75, 3.05) is 5.32 Å². The van der Waals surface area contributed by atoms with Gasteiger partial charge in [-0.2, -0.15) is 0 Å². The zero-order valence-electron chi connectivity index (χ0n) is 11.6. The highest BCUT2D eigenvalue weighted by Crippen LogP contribution is 2.30. The van der Waals surface area contributed by atoms with Crippen molar-refractivity contribution >= 4 is 34.2 Å². The summed E-state index contributed by atoms with van der Waals surface area (Å²) in [5, 5.41) is 14.3. The molecule has 1 heterocycles. The third-order valence-corrected chi connectivity index (χ3v) is 4.38. The minimum Gasteiger partial charge on any atom is -0.481 e. The topological polar surface area (TPSA) is 62.2 Å². The Bertz CT molecular complexity index is 666. The van der Waals surface area contributed by atoms with Crippen molar-refractivity contribution in [2.24, 2.45) is 5.92 Å². The molecule has 1 aliphatic rings. The molecule has 110 valence electrons. The maximum atomic E-state index is 11.0. The van der Waals surface area contributed by atoms with E-state index in [0.29, 0.717) is 11.1 Å². The monoisotopic (exact) mass is 304 g/mol. The summed E-state index contributed by atoms with van der Waals surface area (Å²) < 4.78 is 0. The summed E-state index contributed by atoms with van der Waals surface area (Å²) in [4.78, 5) is 15.3. The van der Waals surface area contributed by atoms with E-state index in [0.717, 1.165) is 42.3 Å². The van der Waals surface area contributed by atoms with E-state index in [1.165, 1.54) is 0 Å². The number of anilines is 1. The first-order chi connectivity index (χ1) is 10.1. The van der Waals surface area contributed by atoms with E-state index in [2.05, 4.69) is 10.3 Å². The highest BCUT2D eigenvalue weighted by Gasteiger charge is 2.25. The minimum absolute atomic E-state index is 0.184. The molecule has 2 aromatic rings. The van der Waals surface area contributed by atoms with Gasteiger partial charge in [0, 0.05) is 28.3 Å². The van der Waals surface area contributed by atoms with Crippen molar-refractivity contribution in [1.29, 1.82) is 0 Å². The Hall–Kier alpha value is -1.81. The van der Waals surface area contributed by atoms with Gasteiger partial charge >= 0.3 is 5.97 Å². The van der Waals surface area contributed by atoms with Crippen LogP contribution in [0.3, 0.4) is 0 Å². The molecule has 4 nitrogen and oxygen atoms in total. The number of aromatic nitrogens is 1. The van der Waals surface area contributed by atoms with E-state index in [4.69, 9.17) is 16.7 Å². The van der Waals surface area contributed by atoms with Gasteiger partial charge < -0.3 is 10.4 Å². The molecule has 1 saturated carbocycles. The Labute approximate surface area is 128 Å². The largest absolute Gasteiger partial charge is 0.481 e. The number of carboxylic acids is 1. The molecule has 0 atom stereocenters. The number of halogens is 1. The van der Waals surface area contributed by atoms with Crippen LogP contribution in [0.1, 0.15) is 25.7 Å². The first-order valence-corrected chi connectivity index (χ1v) is 7.55. The van der Waals surface area contributed by atoms with Gasteiger partial charge in [0.2, 0.25) is 0 Å². The standard InChI is InChI=1S/C16H17ClN2O2/c17-11-3-6-13-14(7-8-18-15(13)9-11)19-12-4-1-10(2-5-12)16(20)21/h3,6-10,12H,1-2,4-5H2,(H,18,19)(H,20,21). The van der Waals surface area contributed by atoms with Crippen molar-refractivity contribution in [3.05, 3.63) is 35.5 Å². The summed E-state index contributed by atoms with van der Waals surface area (Å²) in [5.41, 5.74) is 1.90. The Morgan fingerprint density at radius 1 is 1.24 bits per heavy atom. The van der Waals surface area contributed by atoms with E-state index in [9.17, 15) is 4.79 Å². The molecule has 21 heavy (non-hydrogen) atoms. The summed E-state index contributed by atoms with van der Waals surface area (Å²) >= 11 is 5.99. The number of benzene rings is 1. The maximum Gasteiger partial charge on any atom is 0.306 e. The number of pyridine rings is 1. The van der Waals surface area contributed by atoms with Gasteiger partial charge in [0.05, 0.1) is 11.4 Å². The number of carbonyl (C=O) groups is 1. The molecule has 0 unspecified atom stereocenters. The van der Waals surface area contributed by atoms with Gasteiger partial charge in [-0.1, -0.05) is 11.6 Å². The molecule has 0 spiro atoms. The number of nitrogens with one attached hydrogen (secondary N) is 1. The molecular weight excluding hydrogens is 288 g/mol. The predicted molar refractivity (Wildman–Crippen MR) is 83.8 cm³/mol. The van der Waals surface area contributed by atoms with Crippen molar-refractivity contribution < 1.29 is 9.90 Å². The van der Waals surface area contributed by atoms with Crippen LogP contribution in [0.15, 0.2) is 30.5 Å². The Morgan fingerprint density at radius 2 is 2.00 bits per heavy atom. The summed E-state index contributed by atoms with van der Waals surface area (Å²) in [6, 6.07) is 7.96. The molecule has 0 amide bonds. The second kappa shape index (κ2) is 5.90. The van der Waals surface area contributed by atoms with Gasteiger partial charge in [0.1, 0.15) is 0 Å². The zero-order valence-corrected chi connectivity index (χ0v) is 12.3. The second-order valence-corrected chi connectivity index (χ2v) is 5.99. The van der Waals surface area contributed by atoms with Crippen LogP contribution in [-0.2, 0) is 4.79 Å². The molecule has 1 aliphatic carbocycles. The van der Waals surface area contributed by atoms with Gasteiger partial charge in [-0.05, 0) is 49.9 Å². The lowest BCUT2D eigenvalue weighted by Crippen LogP contribution is -2.29. The molecule has 1 aromatic heterocycles. The predicted octanol–water partition coefficient (Wildman–Crippen LogP) is 3.94. The van der Waals surface area contributed by atoms with E-state index in [1.54, 1.807) is 6.20 Å². The van der Waals surface area contributed by atoms with Gasteiger partial charge in [-0.25, -0.2) is 0 Å². The molecule has 3 rings (SSSR count). The quantitative estimate of drug-likeness (QED) is 0.901. The Morgan fingerprint density at radius 3 is 2.71 bits per heavy atom. The SMILES string of the molecule is O=C(O)C1CCC(Nc2ccnc3cc(Cl)ccc23)CC1. The van der Waals surface area contributed by atoms with Crippen LogP contribution >= 0.6 is 11.6 Å². The van der Waals surface area contributed by atoms with Gasteiger partial charge in [0.15, 0.2) is 0 Å². The average molecular weight is 305 g/mol. The Balaban J connectivity index is 1.75. The summed E-state index contributed by atoms with van der Waals surface area (Å²) in [5.74, 6) is -0.853. The molecule has 1 fully saturated rings. The smallest absolute Gasteiger partial charge is 0.306 e. The lowest BCUT2D eigenvalue weighted by molar-refractivity contribution is -0.142. The first-order valence-electron chi connectivity index (χ1n) is 7.17. The van der Waals surface area contributed by atoms with E-state index >= 15 is 0 Å². The summed E-state index contributed by atoms with van der Waals surface area (Å²) in [6.45, 7) is 0. The molecule has 0 saturated heterocycles. The number of rotatable bonds is 3. The summed E-state index contributed by atoms with van der Waals surface area (Å²) in [6.07, 6.45) is 5.01. The van der Waals surface area contributed by atoms with Crippen molar-refractivity contribution in [1.82, 2.24) is 4.98 Å². The van der Waals surface area contributed by atoms with Crippen LogP contribution in [0.25, 0.3) is 10.9 Å². The number of fused-ring (bicyclic) bond motifs is 1. The van der Waals surface area contributed by atoms with Gasteiger partial charge in [-0.3, -0.25) is 9.78 Å². The van der Waals surface area contributed by atoms with E-state index < -0.39 is 5.97 Å². The Kier molecular flexibility index (Phi) is 3.97. The fraction of sp³-hybridized carbons (Fsp3) is 0.375. The fourth-order valence-corrected chi connectivity index (χ4v) is 3.12. The van der Waals surface area contributed by atoms with Crippen LogP contribution in [-0.4, -0.2) is 22.1 Å². The molecule has 2 N–H and O–H groups in total. The molecular formula is C16H17ClN2O2. The average Bonchev–Trinajstić information content (AvgIpc) is 2.47. The number of aliphatic carboxylic acids is 1. The minimum atomic E-state index is -0.669. The third kappa shape index (κ3) is 3.10.